The Morgan fingerprint density at radius 2 is 1.23 bits per heavy atom. The Hall–Kier alpha value is -1.60. The van der Waals surface area contributed by atoms with Gasteiger partial charge in [-0.25, -0.2) is 9.59 Å². The van der Waals surface area contributed by atoms with Gasteiger partial charge in [-0.1, -0.05) is 25.3 Å². The number of alkyl carbamates (subject to hydrolysis) is 2. The quantitative estimate of drug-likeness (QED) is 0.162. The Labute approximate surface area is 189 Å². The molecule has 0 rings (SSSR count). The van der Waals surface area contributed by atoms with Gasteiger partial charge in [-0.05, 0) is 0 Å². The van der Waals surface area contributed by atoms with E-state index in [1.54, 1.807) is 4.90 Å². The van der Waals surface area contributed by atoms with Crippen molar-refractivity contribution in [3.8, 4) is 0 Å². The minimum atomic E-state index is -0.987. The summed E-state index contributed by atoms with van der Waals surface area (Å²) in [5.74, 6) is 0. The van der Waals surface area contributed by atoms with E-state index in [4.69, 9.17) is 15.2 Å². The van der Waals surface area contributed by atoms with E-state index in [-0.39, 0.29) is 77.3 Å². The number of ether oxygens (including phenoxy) is 2. The molecule has 0 aliphatic heterocycles. The number of aliphatic hydroxyl groups excluding tert-OH is 3. The molecule has 0 saturated carbocycles. The average Bonchev–Trinajstić information content (AvgIpc) is 2.67. The van der Waals surface area contributed by atoms with Gasteiger partial charge in [-0.3, -0.25) is 4.90 Å². The molecule has 0 aromatic carbocycles. The molecule has 0 aromatic heterocycles. The van der Waals surface area contributed by atoms with Crippen molar-refractivity contribution in [2.45, 2.75) is 18.3 Å². The minimum Gasteiger partial charge on any atom is -0.445 e. The molecule has 30 heavy (non-hydrogen) atoms. The fraction of sp³-hybridized carbons (Fsp3) is 0.647. The number of carbonyl (C=O) groups is 2. The van der Waals surface area contributed by atoms with Crippen molar-refractivity contribution in [1.29, 1.82) is 0 Å². The number of nitrogens with two attached hydrogens (primary N) is 1. The number of nitrogens with one attached hydrogen (secondary N) is 2. The summed E-state index contributed by atoms with van der Waals surface area (Å²) in [6.45, 7) is 6.91. The van der Waals surface area contributed by atoms with Gasteiger partial charge in [0.15, 0.2) is 0 Å². The van der Waals surface area contributed by atoms with Crippen molar-refractivity contribution in [2.75, 3.05) is 52.5 Å². The van der Waals surface area contributed by atoms with Crippen LogP contribution in [0.5, 0.6) is 0 Å². The van der Waals surface area contributed by atoms with Gasteiger partial charge < -0.3 is 41.2 Å². The number of aliphatic hydroxyl groups is 3. The molecule has 2 amide bonds. The molecule has 11 nitrogen and oxygen atoms in total. The second-order valence-corrected chi connectivity index (χ2v) is 5.95. The summed E-state index contributed by atoms with van der Waals surface area (Å²) < 4.78 is 9.46. The third kappa shape index (κ3) is 18.4. The van der Waals surface area contributed by atoms with E-state index in [0.29, 0.717) is 0 Å². The maximum absolute atomic E-state index is 11.4. The first-order chi connectivity index (χ1) is 13.3. The molecule has 178 valence electrons. The second-order valence-electron chi connectivity index (χ2n) is 5.95. The number of halogens is 2. The molecule has 0 fully saturated rings. The molecule has 0 bridgehead atoms. The van der Waals surface area contributed by atoms with Crippen LogP contribution in [0, 0.1) is 0 Å². The van der Waals surface area contributed by atoms with Gasteiger partial charge in [-0.2, -0.15) is 0 Å². The Morgan fingerprint density at radius 3 is 1.57 bits per heavy atom. The van der Waals surface area contributed by atoms with Crippen LogP contribution in [-0.2, 0) is 9.47 Å². The van der Waals surface area contributed by atoms with Crippen molar-refractivity contribution in [3.05, 3.63) is 25.3 Å². The number of hydrogen-bond donors (Lipinski definition) is 6. The second kappa shape index (κ2) is 20.7. The van der Waals surface area contributed by atoms with Gasteiger partial charge in [0.25, 0.3) is 0 Å². The predicted molar refractivity (Wildman–Crippen MR) is 117 cm³/mol. The number of hydrogen-bond acceptors (Lipinski definition) is 9. The van der Waals surface area contributed by atoms with E-state index < -0.39 is 30.5 Å². The lowest BCUT2D eigenvalue weighted by Gasteiger charge is -2.29. The Balaban J connectivity index is -0.00000364. The van der Waals surface area contributed by atoms with Crippen LogP contribution in [0.15, 0.2) is 25.3 Å². The zero-order valence-electron chi connectivity index (χ0n) is 16.8. The first kappa shape index (κ1) is 33.0. The Bertz CT molecular complexity index is 453. The van der Waals surface area contributed by atoms with Crippen LogP contribution in [0.25, 0.3) is 0 Å². The molecule has 0 aliphatic carbocycles. The third-order valence-corrected chi connectivity index (χ3v) is 3.31. The van der Waals surface area contributed by atoms with Crippen LogP contribution in [0.1, 0.15) is 0 Å². The third-order valence-electron chi connectivity index (χ3n) is 3.31. The lowest BCUT2D eigenvalue weighted by molar-refractivity contribution is 0.0396. The van der Waals surface area contributed by atoms with Crippen LogP contribution in [-0.4, -0.2) is 103 Å². The molecule has 0 heterocycles. The summed E-state index contributed by atoms with van der Waals surface area (Å²) in [5.41, 5.74) is 5.41. The molecule has 0 aliphatic rings. The molecular weight excluding hydrogens is 443 g/mol. The first-order valence-corrected chi connectivity index (χ1v) is 8.81. The molecule has 0 aromatic rings. The van der Waals surface area contributed by atoms with Crippen LogP contribution < -0.4 is 16.4 Å². The van der Waals surface area contributed by atoms with Crippen LogP contribution >= 0.6 is 24.8 Å². The van der Waals surface area contributed by atoms with Gasteiger partial charge in [-0.15, -0.1) is 24.8 Å². The maximum Gasteiger partial charge on any atom is 0.407 e. The van der Waals surface area contributed by atoms with E-state index in [0.717, 1.165) is 0 Å². The van der Waals surface area contributed by atoms with Crippen molar-refractivity contribution in [3.63, 3.8) is 0 Å². The van der Waals surface area contributed by atoms with Gasteiger partial charge in [0.05, 0.1) is 18.3 Å². The molecule has 0 radical (unpaired) electrons. The number of amides is 2. The molecule has 0 spiro atoms. The van der Waals surface area contributed by atoms with Crippen molar-refractivity contribution in [1.82, 2.24) is 15.5 Å². The summed E-state index contributed by atoms with van der Waals surface area (Å²) in [7, 11) is 0. The summed E-state index contributed by atoms with van der Waals surface area (Å²) in [5, 5.41) is 34.7. The van der Waals surface area contributed by atoms with E-state index >= 15 is 0 Å². The number of carbonyl (C=O) groups excluding carboxylic acids is 2. The highest BCUT2D eigenvalue weighted by atomic mass is 35.5. The van der Waals surface area contributed by atoms with E-state index in [1.807, 2.05) is 0 Å². The average molecular weight is 477 g/mol. The lowest BCUT2D eigenvalue weighted by atomic mass is 10.2. The highest BCUT2D eigenvalue weighted by Crippen LogP contribution is 1.99. The highest BCUT2D eigenvalue weighted by Gasteiger charge is 2.19. The molecule has 3 atom stereocenters. The summed E-state index contributed by atoms with van der Waals surface area (Å²) in [6.07, 6.45) is -1.42. The highest BCUT2D eigenvalue weighted by molar-refractivity contribution is 5.85. The van der Waals surface area contributed by atoms with Crippen molar-refractivity contribution in [2.24, 2.45) is 5.73 Å². The molecular formula is C17H34Cl2N4O7. The van der Waals surface area contributed by atoms with Crippen LogP contribution in [0.3, 0.4) is 0 Å². The summed E-state index contributed by atoms with van der Waals surface area (Å²) >= 11 is 0. The van der Waals surface area contributed by atoms with Crippen molar-refractivity contribution >= 4 is 37.0 Å². The largest absolute Gasteiger partial charge is 0.445 e. The van der Waals surface area contributed by atoms with Gasteiger partial charge in [0.1, 0.15) is 13.2 Å². The monoisotopic (exact) mass is 476 g/mol. The molecule has 0 unspecified atom stereocenters. The van der Waals surface area contributed by atoms with Crippen molar-refractivity contribution < 1.29 is 34.4 Å². The predicted octanol–water partition coefficient (Wildman–Crippen LogP) is -1.00. The minimum absolute atomic E-state index is 0. The van der Waals surface area contributed by atoms with Gasteiger partial charge in [0, 0.05) is 39.3 Å². The maximum atomic E-state index is 11.4. The fourth-order valence-corrected chi connectivity index (χ4v) is 2.09. The van der Waals surface area contributed by atoms with Crippen LogP contribution in [0.2, 0.25) is 0 Å². The SMILES string of the molecule is C=CCOC(=O)NC[C@@H](O)CN(C[C@H](O)CN)C[C@H](O)CNC(=O)OCC=C.Cl.Cl. The zero-order valence-corrected chi connectivity index (χ0v) is 18.4. The van der Waals surface area contributed by atoms with E-state index in [9.17, 15) is 24.9 Å². The first-order valence-electron chi connectivity index (χ1n) is 8.81. The molecule has 13 heteroatoms. The standard InChI is InChI=1S/C17H32N4O7.2ClH/c1-3-5-27-16(25)19-8-14(23)11-21(10-13(22)7-18)12-15(24)9-20-17(26)28-6-4-2;;/h3-4,13-15,22-24H,1-2,5-12,18H2,(H,19,25)(H,20,26);2*1H/t13-,14-,15-;;/m1../s1. The molecule has 0 saturated heterocycles. The van der Waals surface area contributed by atoms with E-state index in [1.165, 1.54) is 12.2 Å². The fourth-order valence-electron chi connectivity index (χ4n) is 2.09. The normalized spacial score (nSPS) is 13.0. The van der Waals surface area contributed by atoms with Gasteiger partial charge >= 0.3 is 12.2 Å². The van der Waals surface area contributed by atoms with Crippen LogP contribution in [0.4, 0.5) is 9.59 Å². The summed E-state index contributed by atoms with van der Waals surface area (Å²) in [6, 6.07) is 0. The lowest BCUT2D eigenvalue weighted by Crippen LogP contribution is -2.48. The smallest absolute Gasteiger partial charge is 0.407 e. The summed E-state index contributed by atoms with van der Waals surface area (Å²) in [4.78, 5) is 24.3. The Morgan fingerprint density at radius 1 is 0.867 bits per heavy atom. The topological polar surface area (TPSA) is 167 Å². The van der Waals surface area contributed by atoms with Gasteiger partial charge in [0.2, 0.25) is 0 Å². The molecule has 7 N–H and O–H groups in total. The number of nitrogens with zero attached hydrogens (tertiary/aromatic N) is 1. The zero-order chi connectivity index (χ0) is 21.4. The van der Waals surface area contributed by atoms with E-state index in [2.05, 4.69) is 23.8 Å². The Kier molecular flexibility index (Phi) is 22.8. The number of rotatable bonds is 15.